The Morgan fingerprint density at radius 1 is 1.37 bits per heavy atom. The summed E-state index contributed by atoms with van der Waals surface area (Å²) in [4.78, 5) is 11.9. The summed E-state index contributed by atoms with van der Waals surface area (Å²) in [5.41, 5.74) is -0.574. The Hall–Kier alpha value is -0.660. The van der Waals surface area contributed by atoms with E-state index in [0.29, 0.717) is 13.0 Å². The number of carbonyl (C=O) groups excluding carboxylic acids is 1. The predicted octanol–water partition coefficient (Wildman–Crippen LogP) is 1.04. The Morgan fingerprint density at radius 3 is 2.53 bits per heavy atom. The highest BCUT2D eigenvalue weighted by atomic mass is 32.2. The molecular formula is C12H24N2O4S. The van der Waals surface area contributed by atoms with Gasteiger partial charge in [-0.25, -0.2) is 0 Å². The van der Waals surface area contributed by atoms with Crippen LogP contribution in [0.25, 0.3) is 0 Å². The van der Waals surface area contributed by atoms with Gasteiger partial charge in [0, 0.05) is 12.1 Å². The minimum atomic E-state index is -3.67. The number of hydrogen-bond donors (Lipinski definition) is 1. The van der Waals surface area contributed by atoms with E-state index in [2.05, 4.69) is 4.72 Å². The zero-order valence-corrected chi connectivity index (χ0v) is 12.9. The number of rotatable bonds is 4. The van der Waals surface area contributed by atoms with E-state index in [-0.39, 0.29) is 6.61 Å². The van der Waals surface area contributed by atoms with Crippen LogP contribution in [-0.2, 0) is 19.7 Å². The third-order valence-corrected chi connectivity index (χ3v) is 4.68. The molecule has 1 heterocycles. The number of nitrogens with zero attached hydrogens (tertiary/aromatic N) is 1. The van der Waals surface area contributed by atoms with Crippen molar-refractivity contribution in [3.05, 3.63) is 0 Å². The van der Waals surface area contributed by atoms with Gasteiger partial charge in [-0.05, 0) is 47.0 Å². The highest BCUT2D eigenvalue weighted by Crippen LogP contribution is 2.22. The van der Waals surface area contributed by atoms with Gasteiger partial charge in [-0.15, -0.1) is 0 Å². The zero-order valence-electron chi connectivity index (χ0n) is 12.1. The summed E-state index contributed by atoms with van der Waals surface area (Å²) < 4.78 is 33.4. The van der Waals surface area contributed by atoms with Crippen LogP contribution in [-0.4, -0.2) is 43.4 Å². The smallest absolute Gasteiger partial charge is 0.324 e. The molecule has 1 atom stereocenters. The average Bonchev–Trinajstić information content (AvgIpc) is 2.26. The van der Waals surface area contributed by atoms with Crippen molar-refractivity contribution in [2.24, 2.45) is 0 Å². The van der Waals surface area contributed by atoms with Crippen LogP contribution in [0.3, 0.4) is 0 Å². The lowest BCUT2D eigenvalue weighted by Crippen LogP contribution is -2.56. The van der Waals surface area contributed by atoms with Crippen LogP contribution in [0.4, 0.5) is 0 Å². The molecule has 1 fully saturated rings. The normalized spacial score (nSPS) is 22.2. The fraction of sp³-hybridized carbons (Fsp3) is 0.917. The van der Waals surface area contributed by atoms with E-state index in [4.69, 9.17) is 4.74 Å². The molecule has 0 spiro atoms. The Labute approximate surface area is 115 Å². The van der Waals surface area contributed by atoms with Crippen LogP contribution >= 0.6 is 0 Å². The first-order valence-corrected chi connectivity index (χ1v) is 8.09. The minimum absolute atomic E-state index is 0.260. The molecule has 0 amide bonds. The Morgan fingerprint density at radius 2 is 2.00 bits per heavy atom. The fourth-order valence-corrected chi connectivity index (χ4v) is 3.90. The van der Waals surface area contributed by atoms with Gasteiger partial charge in [0.25, 0.3) is 10.2 Å². The second-order valence-electron chi connectivity index (χ2n) is 5.73. The van der Waals surface area contributed by atoms with Gasteiger partial charge in [0.1, 0.15) is 6.04 Å². The Kier molecular flexibility index (Phi) is 5.34. The molecule has 19 heavy (non-hydrogen) atoms. The van der Waals surface area contributed by atoms with Crippen LogP contribution in [0.15, 0.2) is 0 Å². The second kappa shape index (κ2) is 6.19. The highest BCUT2D eigenvalue weighted by molar-refractivity contribution is 7.87. The molecule has 0 radical (unpaired) electrons. The molecule has 0 aliphatic carbocycles. The first-order valence-electron chi connectivity index (χ1n) is 6.65. The maximum Gasteiger partial charge on any atom is 0.324 e. The standard InChI is InChI=1S/C12H24N2O4S/c1-5-18-11(15)10-8-6-7-9-14(10)19(16,17)13-12(2,3)4/h10,13H,5-9H2,1-4H3. The number of nitrogens with one attached hydrogen (secondary N) is 1. The molecule has 1 N–H and O–H groups in total. The van der Waals surface area contributed by atoms with E-state index >= 15 is 0 Å². The maximum atomic E-state index is 12.3. The maximum absolute atomic E-state index is 12.3. The minimum Gasteiger partial charge on any atom is -0.465 e. The third-order valence-electron chi connectivity index (χ3n) is 2.76. The molecule has 1 aliphatic heterocycles. The van der Waals surface area contributed by atoms with Gasteiger partial charge in [0.05, 0.1) is 6.61 Å². The van der Waals surface area contributed by atoms with Gasteiger partial charge in [0.2, 0.25) is 0 Å². The predicted molar refractivity (Wildman–Crippen MR) is 72.8 cm³/mol. The summed E-state index contributed by atoms with van der Waals surface area (Å²) in [6.07, 6.45) is 2.12. The molecule has 0 saturated carbocycles. The molecule has 0 bridgehead atoms. The van der Waals surface area contributed by atoms with Gasteiger partial charge >= 0.3 is 5.97 Å². The molecule has 1 rings (SSSR count). The molecule has 6 nitrogen and oxygen atoms in total. The number of carbonyl (C=O) groups is 1. The monoisotopic (exact) mass is 292 g/mol. The van der Waals surface area contributed by atoms with Crippen molar-refractivity contribution >= 4 is 16.2 Å². The van der Waals surface area contributed by atoms with Crippen molar-refractivity contribution < 1.29 is 17.9 Å². The van der Waals surface area contributed by atoms with Gasteiger partial charge < -0.3 is 4.74 Å². The first kappa shape index (κ1) is 16.4. The largest absolute Gasteiger partial charge is 0.465 e. The van der Waals surface area contributed by atoms with E-state index in [0.717, 1.165) is 12.8 Å². The molecule has 1 aliphatic rings. The third kappa shape index (κ3) is 4.74. The Bertz CT molecular complexity index is 414. The van der Waals surface area contributed by atoms with Crippen LogP contribution in [0.5, 0.6) is 0 Å². The lowest BCUT2D eigenvalue weighted by molar-refractivity contribution is -0.148. The quantitative estimate of drug-likeness (QED) is 0.785. The van der Waals surface area contributed by atoms with Crippen molar-refractivity contribution in [1.82, 2.24) is 9.03 Å². The van der Waals surface area contributed by atoms with Gasteiger partial charge in [-0.1, -0.05) is 0 Å². The number of hydrogen-bond acceptors (Lipinski definition) is 4. The number of piperidine rings is 1. The van der Waals surface area contributed by atoms with E-state index < -0.39 is 27.8 Å². The summed E-state index contributed by atoms with van der Waals surface area (Å²) >= 11 is 0. The van der Waals surface area contributed by atoms with Gasteiger partial charge in [-0.3, -0.25) is 4.79 Å². The van der Waals surface area contributed by atoms with Crippen LogP contribution in [0, 0.1) is 0 Å². The lowest BCUT2D eigenvalue weighted by Gasteiger charge is -2.35. The van der Waals surface area contributed by atoms with E-state index in [1.54, 1.807) is 27.7 Å². The molecular weight excluding hydrogens is 268 g/mol. The lowest BCUT2D eigenvalue weighted by atomic mass is 10.1. The summed E-state index contributed by atoms with van der Waals surface area (Å²) in [6, 6.07) is -0.700. The summed E-state index contributed by atoms with van der Waals surface area (Å²) in [5.74, 6) is -0.457. The summed E-state index contributed by atoms with van der Waals surface area (Å²) in [7, 11) is -3.67. The second-order valence-corrected chi connectivity index (χ2v) is 7.35. The summed E-state index contributed by atoms with van der Waals surface area (Å²) in [6.45, 7) is 7.65. The molecule has 7 heteroatoms. The van der Waals surface area contributed by atoms with Crippen molar-refractivity contribution in [3.8, 4) is 0 Å². The van der Waals surface area contributed by atoms with Crippen molar-refractivity contribution in [2.75, 3.05) is 13.2 Å². The average molecular weight is 292 g/mol. The number of esters is 1. The molecule has 112 valence electrons. The topological polar surface area (TPSA) is 75.7 Å². The van der Waals surface area contributed by atoms with E-state index in [9.17, 15) is 13.2 Å². The molecule has 0 aromatic carbocycles. The zero-order chi connectivity index (χ0) is 14.7. The van der Waals surface area contributed by atoms with Crippen LogP contribution < -0.4 is 4.72 Å². The summed E-state index contributed by atoms with van der Waals surface area (Å²) in [5, 5.41) is 0. The SMILES string of the molecule is CCOC(=O)C1CCCCN1S(=O)(=O)NC(C)(C)C. The first-order chi connectivity index (χ1) is 8.67. The molecule has 0 aromatic rings. The van der Waals surface area contributed by atoms with Crippen molar-refractivity contribution in [1.29, 1.82) is 0 Å². The van der Waals surface area contributed by atoms with Crippen molar-refractivity contribution in [3.63, 3.8) is 0 Å². The van der Waals surface area contributed by atoms with Gasteiger partial charge in [-0.2, -0.15) is 17.4 Å². The van der Waals surface area contributed by atoms with Gasteiger partial charge in [0.15, 0.2) is 0 Å². The van der Waals surface area contributed by atoms with E-state index in [1.807, 2.05) is 0 Å². The molecule has 1 unspecified atom stereocenters. The van der Waals surface area contributed by atoms with E-state index in [1.165, 1.54) is 4.31 Å². The molecule has 1 saturated heterocycles. The van der Waals surface area contributed by atoms with Crippen molar-refractivity contribution in [2.45, 2.75) is 58.5 Å². The molecule has 0 aromatic heterocycles. The van der Waals surface area contributed by atoms with Crippen LogP contribution in [0.2, 0.25) is 0 Å². The highest BCUT2D eigenvalue weighted by Gasteiger charge is 2.38. The fourth-order valence-electron chi connectivity index (χ4n) is 2.11. The Balaban J connectivity index is 2.90. The number of ether oxygens (including phenoxy) is 1. The van der Waals surface area contributed by atoms with Crippen LogP contribution in [0.1, 0.15) is 47.0 Å².